The Bertz CT molecular complexity index is 427. The standard InChI is InChI=1S/C18H27NO/c1-14(2)15-3-5-16(6-4-15)18(9-11-20-12-10-18)13-19-17-7-8-17/h3-6,14,17,19H,7-13H2,1-2H3. The SMILES string of the molecule is CC(C)c1ccc(C2(CNC3CC3)CCOCC2)cc1. The molecule has 1 saturated carbocycles. The van der Waals surface area contributed by atoms with Crippen LogP contribution in [0.15, 0.2) is 24.3 Å². The van der Waals surface area contributed by atoms with Crippen molar-refractivity contribution in [3.63, 3.8) is 0 Å². The van der Waals surface area contributed by atoms with Crippen molar-refractivity contribution in [3.8, 4) is 0 Å². The average Bonchev–Trinajstić information content (AvgIpc) is 3.30. The molecular formula is C18H27NO. The van der Waals surface area contributed by atoms with E-state index in [1.807, 2.05) is 0 Å². The zero-order valence-corrected chi connectivity index (χ0v) is 12.8. The molecule has 1 saturated heterocycles. The largest absolute Gasteiger partial charge is 0.381 e. The second kappa shape index (κ2) is 5.87. The summed E-state index contributed by atoms with van der Waals surface area (Å²) in [6, 6.07) is 10.1. The molecule has 0 unspecified atom stereocenters. The maximum atomic E-state index is 5.60. The van der Waals surface area contributed by atoms with Crippen molar-refractivity contribution >= 4 is 0 Å². The second-order valence-corrected chi connectivity index (χ2v) is 6.82. The molecule has 1 aliphatic heterocycles. The van der Waals surface area contributed by atoms with Gasteiger partial charge in [-0.05, 0) is 42.7 Å². The third-order valence-corrected chi connectivity index (χ3v) is 4.95. The quantitative estimate of drug-likeness (QED) is 0.885. The Morgan fingerprint density at radius 1 is 1.15 bits per heavy atom. The summed E-state index contributed by atoms with van der Waals surface area (Å²) in [5.41, 5.74) is 3.22. The molecular weight excluding hydrogens is 246 g/mol. The molecule has 0 radical (unpaired) electrons. The van der Waals surface area contributed by atoms with Crippen LogP contribution in [0.5, 0.6) is 0 Å². The van der Waals surface area contributed by atoms with Gasteiger partial charge in [-0.1, -0.05) is 38.1 Å². The van der Waals surface area contributed by atoms with Gasteiger partial charge in [0.15, 0.2) is 0 Å². The summed E-state index contributed by atoms with van der Waals surface area (Å²) < 4.78 is 5.60. The zero-order chi connectivity index (χ0) is 14.0. The van der Waals surface area contributed by atoms with E-state index in [4.69, 9.17) is 4.74 Å². The van der Waals surface area contributed by atoms with Gasteiger partial charge in [0.25, 0.3) is 0 Å². The summed E-state index contributed by atoms with van der Waals surface area (Å²) in [5, 5.41) is 3.75. The molecule has 20 heavy (non-hydrogen) atoms. The Labute approximate surface area is 122 Å². The van der Waals surface area contributed by atoms with E-state index in [0.717, 1.165) is 38.6 Å². The fraction of sp³-hybridized carbons (Fsp3) is 0.667. The highest BCUT2D eigenvalue weighted by Gasteiger charge is 2.36. The lowest BCUT2D eigenvalue weighted by molar-refractivity contribution is 0.0497. The molecule has 2 aliphatic rings. The number of nitrogens with one attached hydrogen (secondary N) is 1. The summed E-state index contributed by atoms with van der Waals surface area (Å²) in [4.78, 5) is 0. The van der Waals surface area contributed by atoms with E-state index in [-0.39, 0.29) is 5.41 Å². The van der Waals surface area contributed by atoms with Crippen LogP contribution >= 0.6 is 0 Å². The average molecular weight is 273 g/mol. The maximum Gasteiger partial charge on any atom is 0.0475 e. The van der Waals surface area contributed by atoms with Crippen molar-refractivity contribution < 1.29 is 4.74 Å². The second-order valence-electron chi connectivity index (χ2n) is 6.82. The fourth-order valence-electron chi connectivity index (χ4n) is 3.18. The van der Waals surface area contributed by atoms with Crippen LogP contribution in [0.1, 0.15) is 56.6 Å². The van der Waals surface area contributed by atoms with Gasteiger partial charge in [-0.3, -0.25) is 0 Å². The van der Waals surface area contributed by atoms with Crippen LogP contribution in [0.25, 0.3) is 0 Å². The van der Waals surface area contributed by atoms with Crippen LogP contribution in [-0.2, 0) is 10.2 Å². The summed E-state index contributed by atoms with van der Waals surface area (Å²) in [5.74, 6) is 0.610. The third-order valence-electron chi connectivity index (χ3n) is 4.95. The Hall–Kier alpha value is -0.860. The molecule has 110 valence electrons. The molecule has 0 spiro atoms. The lowest BCUT2D eigenvalue weighted by Crippen LogP contribution is -2.43. The maximum absolute atomic E-state index is 5.60. The van der Waals surface area contributed by atoms with Gasteiger partial charge in [-0.15, -0.1) is 0 Å². The van der Waals surface area contributed by atoms with Crippen LogP contribution < -0.4 is 5.32 Å². The van der Waals surface area contributed by atoms with Gasteiger partial charge in [0.1, 0.15) is 0 Å². The number of benzene rings is 1. The van der Waals surface area contributed by atoms with Crippen LogP contribution in [0.4, 0.5) is 0 Å². The van der Waals surface area contributed by atoms with Gasteiger partial charge in [0.05, 0.1) is 0 Å². The van der Waals surface area contributed by atoms with E-state index < -0.39 is 0 Å². The predicted molar refractivity (Wildman–Crippen MR) is 83.3 cm³/mol. The van der Waals surface area contributed by atoms with Crippen molar-refractivity contribution in [2.75, 3.05) is 19.8 Å². The topological polar surface area (TPSA) is 21.3 Å². The van der Waals surface area contributed by atoms with Gasteiger partial charge in [-0.25, -0.2) is 0 Å². The van der Waals surface area contributed by atoms with E-state index in [9.17, 15) is 0 Å². The molecule has 2 heteroatoms. The van der Waals surface area contributed by atoms with Crippen molar-refractivity contribution in [1.29, 1.82) is 0 Å². The molecule has 1 aromatic rings. The summed E-state index contributed by atoms with van der Waals surface area (Å²) in [6.45, 7) is 7.43. The van der Waals surface area contributed by atoms with Crippen LogP contribution in [0.3, 0.4) is 0 Å². The van der Waals surface area contributed by atoms with Gasteiger partial charge in [0.2, 0.25) is 0 Å². The van der Waals surface area contributed by atoms with E-state index in [1.165, 1.54) is 24.0 Å². The third kappa shape index (κ3) is 3.07. The minimum absolute atomic E-state index is 0.288. The first-order chi connectivity index (χ1) is 9.70. The van der Waals surface area contributed by atoms with Crippen molar-refractivity contribution in [1.82, 2.24) is 5.32 Å². The first kappa shape index (κ1) is 14.1. The summed E-state index contributed by atoms with van der Waals surface area (Å²) >= 11 is 0. The molecule has 2 fully saturated rings. The Morgan fingerprint density at radius 3 is 2.35 bits per heavy atom. The minimum atomic E-state index is 0.288. The molecule has 1 aliphatic carbocycles. The molecule has 0 amide bonds. The highest BCUT2D eigenvalue weighted by atomic mass is 16.5. The summed E-state index contributed by atoms with van der Waals surface area (Å²) in [7, 11) is 0. The Morgan fingerprint density at radius 2 is 1.80 bits per heavy atom. The highest BCUT2D eigenvalue weighted by Crippen LogP contribution is 2.36. The normalized spacial score (nSPS) is 22.1. The zero-order valence-electron chi connectivity index (χ0n) is 12.8. The van der Waals surface area contributed by atoms with E-state index >= 15 is 0 Å². The van der Waals surface area contributed by atoms with Crippen molar-refractivity contribution in [3.05, 3.63) is 35.4 Å². The van der Waals surface area contributed by atoms with Crippen LogP contribution in [0.2, 0.25) is 0 Å². The van der Waals surface area contributed by atoms with Crippen LogP contribution in [0, 0.1) is 0 Å². The first-order valence-electron chi connectivity index (χ1n) is 8.11. The van der Waals surface area contributed by atoms with Crippen molar-refractivity contribution in [2.45, 2.75) is 56.9 Å². The molecule has 2 nitrogen and oxygen atoms in total. The lowest BCUT2D eigenvalue weighted by Gasteiger charge is -2.38. The number of hydrogen-bond acceptors (Lipinski definition) is 2. The highest BCUT2D eigenvalue weighted by molar-refractivity contribution is 5.31. The van der Waals surface area contributed by atoms with Gasteiger partial charge in [-0.2, -0.15) is 0 Å². The van der Waals surface area contributed by atoms with Gasteiger partial charge < -0.3 is 10.1 Å². The fourth-order valence-corrected chi connectivity index (χ4v) is 3.18. The molecule has 1 heterocycles. The number of hydrogen-bond donors (Lipinski definition) is 1. The monoisotopic (exact) mass is 273 g/mol. The molecule has 1 aromatic carbocycles. The van der Waals surface area contributed by atoms with E-state index in [2.05, 4.69) is 43.4 Å². The Kier molecular flexibility index (Phi) is 4.13. The smallest absolute Gasteiger partial charge is 0.0475 e. The molecule has 3 rings (SSSR count). The number of rotatable bonds is 5. The van der Waals surface area contributed by atoms with Gasteiger partial charge in [0, 0.05) is 31.2 Å². The first-order valence-corrected chi connectivity index (χ1v) is 8.11. The van der Waals surface area contributed by atoms with Crippen LogP contribution in [-0.4, -0.2) is 25.8 Å². The number of ether oxygens (including phenoxy) is 1. The minimum Gasteiger partial charge on any atom is -0.381 e. The summed E-state index contributed by atoms with van der Waals surface area (Å²) in [6.07, 6.45) is 5.01. The van der Waals surface area contributed by atoms with E-state index in [1.54, 1.807) is 0 Å². The van der Waals surface area contributed by atoms with Gasteiger partial charge >= 0.3 is 0 Å². The predicted octanol–water partition coefficient (Wildman–Crippen LogP) is 3.61. The molecule has 1 N–H and O–H groups in total. The Balaban J connectivity index is 1.79. The molecule has 0 bridgehead atoms. The molecule has 0 aromatic heterocycles. The van der Waals surface area contributed by atoms with E-state index in [0.29, 0.717) is 5.92 Å². The van der Waals surface area contributed by atoms with Crippen molar-refractivity contribution in [2.24, 2.45) is 0 Å². The lowest BCUT2D eigenvalue weighted by atomic mass is 9.73. The molecule has 0 atom stereocenters.